The fourth-order valence-corrected chi connectivity index (χ4v) is 7.90. The quantitative estimate of drug-likeness (QED) is 0.0887. The van der Waals surface area contributed by atoms with Crippen LogP contribution in [0.1, 0.15) is 33.4 Å². The number of para-hydroxylation sites is 3. The molecule has 9 aromatic carbocycles. The first-order valence-electron chi connectivity index (χ1n) is 24.8. The van der Waals surface area contributed by atoms with E-state index in [1.807, 2.05) is 164 Å². The number of hydrogen-bond acceptors (Lipinski definition) is 15. The van der Waals surface area contributed by atoms with E-state index in [0.717, 1.165) is 77.9 Å². The Bertz CT molecular complexity index is 4010. The van der Waals surface area contributed by atoms with Gasteiger partial charge in [0.15, 0.2) is 0 Å². The van der Waals surface area contributed by atoms with Crippen molar-refractivity contribution in [3.8, 4) is 0 Å². The van der Waals surface area contributed by atoms with Gasteiger partial charge in [0.1, 0.15) is 29.2 Å². The third-order valence-corrected chi connectivity index (χ3v) is 11.6. The Balaban J connectivity index is 0.000000160. The maximum Gasteiger partial charge on any atom is 0.313 e. The topological polar surface area (TPSA) is 184 Å². The summed E-state index contributed by atoms with van der Waals surface area (Å²) in [5.74, 6) is 0. The molecule has 0 saturated heterocycles. The minimum atomic E-state index is 0.303. The van der Waals surface area contributed by atoms with Gasteiger partial charge in [-0.2, -0.15) is 10.2 Å². The first-order valence-corrected chi connectivity index (χ1v) is 33.2. The van der Waals surface area contributed by atoms with Gasteiger partial charge in [-0.1, -0.05) is 97.1 Å². The summed E-state index contributed by atoms with van der Waals surface area (Å²) in [5.41, 5.74) is 16.6. The summed E-state index contributed by atoms with van der Waals surface area (Å²) in [6.45, 7) is 0. The summed E-state index contributed by atoms with van der Waals surface area (Å²) in [6, 6.07) is 72.3. The Morgan fingerprint density at radius 2 is 0.869 bits per heavy atom. The first kappa shape index (κ1) is 61.9. The summed E-state index contributed by atoms with van der Waals surface area (Å²) in [7, 11) is 13.8. The molecule has 84 heavy (non-hydrogen) atoms. The molecule has 4 heterocycles. The number of aromatic nitrogens is 5. The number of oxazole rings is 2. The molecular weight excluding hydrogens is 1660 g/mol. The molecule has 13 rings (SSSR count). The van der Waals surface area contributed by atoms with Gasteiger partial charge in [0.05, 0.1) is 29.5 Å². The fraction of sp³-hybridized carbons (Fsp3) is 0. The van der Waals surface area contributed by atoms with Crippen LogP contribution in [0, 0.1) is 18.2 Å². The molecule has 0 unspecified atom stereocenters. The van der Waals surface area contributed by atoms with Crippen molar-refractivity contribution in [2.45, 2.75) is 0 Å². The van der Waals surface area contributed by atoms with Crippen molar-refractivity contribution >= 4 is 133 Å². The second-order valence-corrected chi connectivity index (χ2v) is 16.9. The number of hydrazone groups is 1. The zero-order valence-corrected chi connectivity index (χ0v) is 52.5. The number of nitrogens with one attached hydrogen (secondary N) is 2. The monoisotopic (exact) mass is 1710 g/mol. The van der Waals surface area contributed by atoms with Gasteiger partial charge in [0.25, 0.3) is 0 Å². The molecule has 0 fully saturated rings. The van der Waals surface area contributed by atoms with Gasteiger partial charge in [-0.15, -0.1) is 122 Å². The van der Waals surface area contributed by atoms with Crippen LogP contribution in [0.4, 0.5) is 34.8 Å². The number of anilines is 2. The Labute approximate surface area is 529 Å². The number of halogens is 3. The van der Waals surface area contributed by atoms with Gasteiger partial charge in [0, 0.05) is 10.8 Å². The maximum absolute atomic E-state index is 5.01. The molecule has 1 aliphatic heterocycles. The van der Waals surface area contributed by atoms with E-state index in [1.54, 1.807) is 86.3 Å². The van der Waals surface area contributed by atoms with E-state index in [0.29, 0.717) is 12.0 Å². The molecule has 12 aromatic rings. The number of rotatable bonds is 12. The van der Waals surface area contributed by atoms with Gasteiger partial charge < -0.3 is 14.3 Å². The molecule has 0 spiro atoms. The average molecular weight is 1710 g/mol. The fourth-order valence-electron chi connectivity index (χ4n) is 7.90. The summed E-state index contributed by atoms with van der Waals surface area (Å²) >= 11 is 4.83. The molecule has 0 bridgehead atoms. The summed E-state index contributed by atoms with van der Waals surface area (Å²) in [5, 5.41) is 23.3. The number of hydrazine groups is 2. The van der Waals surface area contributed by atoms with Crippen LogP contribution in [-0.2, 0) is 56.3 Å². The molecule has 3 aromatic heterocycles. The van der Waals surface area contributed by atoms with Crippen molar-refractivity contribution in [1.29, 1.82) is 0 Å². The molecule has 16 nitrogen and oxygen atoms in total. The van der Waals surface area contributed by atoms with E-state index in [-0.39, 0.29) is 0 Å². The van der Waals surface area contributed by atoms with Crippen molar-refractivity contribution < 1.29 is 65.2 Å². The summed E-state index contributed by atoms with van der Waals surface area (Å²) in [4.78, 5) is 26.9. The second kappa shape index (κ2) is 33.8. The van der Waals surface area contributed by atoms with Gasteiger partial charge >= 0.3 is 96.6 Å². The predicted molar refractivity (Wildman–Crippen MR) is 327 cm³/mol. The molecular formula is C62H43Cl3N14O2Pt3. The Morgan fingerprint density at radius 3 is 1.39 bits per heavy atom. The predicted octanol–water partition coefficient (Wildman–Crippen LogP) is 15.1. The second-order valence-electron chi connectivity index (χ2n) is 16.9. The van der Waals surface area contributed by atoms with Gasteiger partial charge in [-0.05, 0) is 89.7 Å². The standard InChI is InChI=1S/C28H19N2.C20H15N8.C14H9N4O2.3ClH.3Pt/c1-3-14-25-23(10-1)12-6-16-27(25)29-19-21-8-5-9-22(18-21)20-30-28-17-7-13-24-11-2-4-15-26(24)28;1-3-10-19-17(8-1)23-25-27(19)21-13-15-6-5-7-16(12-15)14-22-28-20-11-4-2-9-18(20)24-26-28;1-2-11(9-17-13-15-4-6-19-13)8-12(3-1)10-18-14-16-5-7-20-14;;;;;;/h1-17,19-20H;1-11,13-14,23,25H;1-7,9-10H;3*1H;;;/q3*-1;;;;3*+2/p-3. The third-order valence-electron chi connectivity index (χ3n) is 11.6. The molecule has 22 heteroatoms. The number of fused-ring (bicyclic) bond motifs is 4. The molecule has 0 atom stereocenters. The van der Waals surface area contributed by atoms with Gasteiger partial charge in [-0.25, -0.2) is 25.1 Å². The molecule has 424 valence electrons. The smallest absolute Gasteiger partial charge is 0.313 e. The number of benzene rings is 9. The Hall–Kier alpha value is -8.17. The van der Waals surface area contributed by atoms with Crippen LogP contribution in [0.15, 0.2) is 252 Å². The molecule has 0 saturated carbocycles. The Morgan fingerprint density at radius 1 is 0.440 bits per heavy atom. The first-order chi connectivity index (χ1) is 41.6. The van der Waals surface area contributed by atoms with E-state index in [4.69, 9.17) is 18.8 Å². The van der Waals surface area contributed by atoms with Crippen molar-refractivity contribution in [3.63, 3.8) is 0 Å². The van der Waals surface area contributed by atoms with Crippen LogP contribution in [0.3, 0.4) is 0 Å². The van der Waals surface area contributed by atoms with Crippen LogP contribution in [0.2, 0.25) is 0 Å². The minimum absolute atomic E-state index is 0.303. The van der Waals surface area contributed by atoms with Crippen molar-refractivity contribution in [2.75, 3.05) is 10.5 Å². The van der Waals surface area contributed by atoms with E-state index in [2.05, 4.69) is 134 Å². The number of nitrogens with zero attached hydrogens (tertiary/aromatic N) is 12. The normalized spacial score (nSPS) is 11.7. The van der Waals surface area contributed by atoms with Crippen LogP contribution in [0.25, 0.3) is 32.6 Å². The zero-order valence-electron chi connectivity index (χ0n) is 43.4. The SMILES string of the molecule is [Cl][Pt+].[Cl][Pt+].[Cl][Pt+].[c-]1c(C=NN2NNc3ccccc32)cccc1C=Nn1nnc2ccccc21.[c-]1c(C=Nc2cccc3ccccc23)cccc1C=Nc1cccc2ccccc12.[c-]1c(C=Nc2ncco2)cccc1C=Nc1ncco1. The van der Waals surface area contributed by atoms with Crippen LogP contribution < -0.4 is 16.1 Å². The molecule has 0 aliphatic carbocycles. The Kier molecular flexibility index (Phi) is 24.9. The zero-order chi connectivity index (χ0) is 58.6. The van der Waals surface area contributed by atoms with Gasteiger partial charge in [-0.3, -0.25) is 9.98 Å². The number of aliphatic imine (C=N–C) groups is 4. The van der Waals surface area contributed by atoms with Gasteiger partial charge in [0.2, 0.25) is 0 Å². The van der Waals surface area contributed by atoms with Crippen molar-refractivity contribution in [1.82, 2.24) is 30.6 Å². The van der Waals surface area contributed by atoms with E-state index in [1.165, 1.54) is 40.5 Å². The van der Waals surface area contributed by atoms with E-state index in [9.17, 15) is 0 Å². The largest absolute Gasteiger partial charge is 0.431 e. The summed E-state index contributed by atoms with van der Waals surface area (Å²) in [6.07, 6.45) is 16.4. The van der Waals surface area contributed by atoms with Crippen LogP contribution >= 0.6 is 28.3 Å². The van der Waals surface area contributed by atoms with E-state index < -0.39 is 0 Å². The minimum Gasteiger partial charge on any atom is -0.431 e. The average Bonchev–Trinajstić information content (AvgIpc) is 4.47. The van der Waals surface area contributed by atoms with E-state index >= 15 is 0 Å². The maximum atomic E-state index is 5.01. The van der Waals surface area contributed by atoms with Crippen molar-refractivity contribution in [2.24, 2.45) is 30.2 Å². The molecule has 0 amide bonds. The molecule has 1 aliphatic rings. The third kappa shape index (κ3) is 17.9. The van der Waals surface area contributed by atoms with Crippen molar-refractivity contribution in [3.05, 3.63) is 265 Å². The molecule has 0 radical (unpaired) electrons. The van der Waals surface area contributed by atoms with Crippen LogP contribution in [-0.4, -0.2) is 62.4 Å². The molecule has 2 N–H and O–H groups in total. The van der Waals surface area contributed by atoms with Crippen LogP contribution in [0.5, 0.6) is 0 Å². The summed E-state index contributed by atoms with van der Waals surface area (Å²) < 4.78 is 10.0. The number of hydrogen-bond donors (Lipinski definition) is 2.